The van der Waals surface area contributed by atoms with Gasteiger partial charge in [0.2, 0.25) is 0 Å². The highest BCUT2D eigenvalue weighted by molar-refractivity contribution is 9.09. The van der Waals surface area contributed by atoms with Crippen LogP contribution in [0.1, 0.15) is 16.9 Å². The van der Waals surface area contributed by atoms with Gasteiger partial charge in [-0.3, -0.25) is 4.79 Å². The lowest BCUT2D eigenvalue weighted by molar-refractivity contribution is 0.0891. The molecular weight excluding hydrogens is 280 g/mol. The van der Waals surface area contributed by atoms with Crippen LogP contribution in [0.25, 0.3) is 0 Å². The molecule has 1 aromatic rings. The minimum Gasteiger partial charge on any atom is -0.383 e. The molecule has 4 nitrogen and oxygen atoms in total. The number of hydrogen-bond acceptors (Lipinski definition) is 4. The molecule has 1 amide bonds. The van der Waals surface area contributed by atoms with Gasteiger partial charge in [-0.2, -0.15) is 0 Å². The number of thiazole rings is 1. The highest BCUT2D eigenvalue weighted by Gasteiger charge is 2.14. The van der Waals surface area contributed by atoms with E-state index in [-0.39, 0.29) is 11.9 Å². The summed E-state index contributed by atoms with van der Waals surface area (Å²) in [6.07, 6.45) is 0.837. The first-order valence-corrected chi connectivity index (χ1v) is 6.58. The van der Waals surface area contributed by atoms with E-state index in [9.17, 15) is 4.79 Å². The summed E-state index contributed by atoms with van der Waals surface area (Å²) in [6.45, 7) is 0.515. The fraction of sp³-hybridized carbons (Fsp3) is 0.556. The summed E-state index contributed by atoms with van der Waals surface area (Å²) in [5.74, 6) is -0.140. The number of halogens is 1. The average molecular weight is 293 g/mol. The van der Waals surface area contributed by atoms with Gasteiger partial charge < -0.3 is 10.1 Å². The van der Waals surface area contributed by atoms with E-state index in [0.29, 0.717) is 12.3 Å². The number of rotatable bonds is 6. The average Bonchev–Trinajstić information content (AvgIpc) is 2.71. The normalized spacial score (nSPS) is 12.4. The molecule has 84 valence electrons. The van der Waals surface area contributed by atoms with Crippen LogP contribution in [0.2, 0.25) is 0 Å². The highest BCUT2D eigenvalue weighted by atomic mass is 79.9. The molecule has 1 aromatic heterocycles. The van der Waals surface area contributed by atoms with Crippen LogP contribution in [0, 0.1) is 0 Å². The van der Waals surface area contributed by atoms with E-state index in [2.05, 4.69) is 26.2 Å². The Morgan fingerprint density at radius 2 is 2.60 bits per heavy atom. The van der Waals surface area contributed by atoms with E-state index in [1.807, 2.05) is 0 Å². The number of nitrogens with zero attached hydrogens (tertiary/aromatic N) is 1. The van der Waals surface area contributed by atoms with Gasteiger partial charge >= 0.3 is 0 Å². The largest absolute Gasteiger partial charge is 0.383 e. The monoisotopic (exact) mass is 292 g/mol. The van der Waals surface area contributed by atoms with E-state index in [0.717, 1.165) is 11.8 Å². The van der Waals surface area contributed by atoms with Crippen LogP contribution in [-0.2, 0) is 4.74 Å². The summed E-state index contributed by atoms with van der Waals surface area (Å²) in [7, 11) is 1.62. The quantitative estimate of drug-likeness (QED) is 0.812. The summed E-state index contributed by atoms with van der Waals surface area (Å²) in [5, 5.41) is 5.43. The van der Waals surface area contributed by atoms with Gasteiger partial charge in [0.25, 0.3) is 5.91 Å². The van der Waals surface area contributed by atoms with Gasteiger partial charge in [0, 0.05) is 17.8 Å². The molecule has 0 aliphatic heterocycles. The predicted molar refractivity (Wildman–Crippen MR) is 63.7 cm³/mol. The summed E-state index contributed by atoms with van der Waals surface area (Å²) in [4.78, 5) is 15.6. The maximum absolute atomic E-state index is 11.6. The summed E-state index contributed by atoms with van der Waals surface area (Å²) in [6, 6.07) is 0.0311. The van der Waals surface area contributed by atoms with E-state index in [1.165, 1.54) is 11.3 Å². The first kappa shape index (κ1) is 12.6. The Kier molecular flexibility index (Phi) is 5.82. The lowest BCUT2D eigenvalue weighted by atomic mass is 10.2. The Morgan fingerprint density at radius 1 is 1.80 bits per heavy atom. The van der Waals surface area contributed by atoms with Crippen molar-refractivity contribution in [2.75, 3.05) is 19.0 Å². The number of nitrogens with one attached hydrogen (secondary N) is 1. The van der Waals surface area contributed by atoms with Crippen molar-refractivity contribution in [2.45, 2.75) is 12.5 Å². The highest BCUT2D eigenvalue weighted by Crippen LogP contribution is 2.03. The third kappa shape index (κ3) is 4.27. The molecule has 0 aliphatic carbocycles. The second-order valence-corrected chi connectivity index (χ2v) is 4.49. The molecule has 1 rings (SSSR count). The topological polar surface area (TPSA) is 51.2 Å². The summed E-state index contributed by atoms with van der Waals surface area (Å²) < 4.78 is 5.02. The van der Waals surface area contributed by atoms with Crippen molar-refractivity contribution in [3.8, 4) is 0 Å². The third-order valence-electron chi connectivity index (χ3n) is 1.83. The predicted octanol–water partition coefficient (Wildman–Crippen LogP) is 1.67. The van der Waals surface area contributed by atoms with Crippen LogP contribution in [0.3, 0.4) is 0 Å². The van der Waals surface area contributed by atoms with Crippen molar-refractivity contribution < 1.29 is 9.53 Å². The molecule has 0 saturated heterocycles. The zero-order valence-electron chi connectivity index (χ0n) is 8.40. The van der Waals surface area contributed by atoms with Crippen molar-refractivity contribution in [1.29, 1.82) is 0 Å². The van der Waals surface area contributed by atoms with Crippen LogP contribution in [-0.4, -0.2) is 36.0 Å². The molecule has 1 heterocycles. The van der Waals surface area contributed by atoms with Crippen LogP contribution >= 0.6 is 27.3 Å². The fourth-order valence-electron chi connectivity index (χ4n) is 1.11. The Labute approximate surface area is 101 Å². The van der Waals surface area contributed by atoms with Gasteiger partial charge in [0.1, 0.15) is 5.69 Å². The van der Waals surface area contributed by atoms with Crippen LogP contribution in [0.5, 0.6) is 0 Å². The van der Waals surface area contributed by atoms with E-state index in [4.69, 9.17) is 4.74 Å². The standard InChI is InChI=1S/C9H13BrN2O2S/c1-14-4-7(2-3-10)12-9(13)8-5-15-6-11-8/h5-7H,2-4H2,1H3,(H,12,13). The van der Waals surface area contributed by atoms with Gasteiger partial charge in [-0.05, 0) is 6.42 Å². The number of carbonyl (C=O) groups excluding carboxylic acids is 1. The van der Waals surface area contributed by atoms with Gasteiger partial charge in [-0.25, -0.2) is 4.98 Å². The van der Waals surface area contributed by atoms with Crippen LogP contribution in [0.15, 0.2) is 10.9 Å². The smallest absolute Gasteiger partial charge is 0.271 e. The Morgan fingerprint density at radius 3 is 3.13 bits per heavy atom. The molecule has 0 bridgehead atoms. The Hall–Kier alpha value is -0.460. The minimum atomic E-state index is -0.140. The molecule has 1 N–H and O–H groups in total. The Bertz CT molecular complexity index is 286. The summed E-state index contributed by atoms with van der Waals surface area (Å²) >= 11 is 4.75. The number of aromatic nitrogens is 1. The zero-order valence-corrected chi connectivity index (χ0v) is 10.8. The molecule has 0 aromatic carbocycles. The molecule has 1 unspecified atom stereocenters. The number of ether oxygens (including phenoxy) is 1. The number of carbonyl (C=O) groups is 1. The maximum atomic E-state index is 11.6. The van der Waals surface area contributed by atoms with Crippen molar-refractivity contribution in [2.24, 2.45) is 0 Å². The lowest BCUT2D eigenvalue weighted by Crippen LogP contribution is -2.38. The number of alkyl halides is 1. The van der Waals surface area contributed by atoms with Crippen molar-refractivity contribution >= 4 is 33.2 Å². The van der Waals surface area contributed by atoms with Crippen molar-refractivity contribution in [3.05, 3.63) is 16.6 Å². The molecule has 15 heavy (non-hydrogen) atoms. The minimum absolute atomic E-state index is 0.0311. The number of hydrogen-bond donors (Lipinski definition) is 1. The van der Waals surface area contributed by atoms with Gasteiger partial charge in [0.15, 0.2) is 0 Å². The molecule has 0 aliphatic rings. The molecule has 0 spiro atoms. The number of methoxy groups -OCH3 is 1. The lowest BCUT2D eigenvalue weighted by Gasteiger charge is -2.15. The second kappa shape index (κ2) is 6.92. The van der Waals surface area contributed by atoms with Crippen LogP contribution in [0.4, 0.5) is 0 Å². The first-order chi connectivity index (χ1) is 7.27. The maximum Gasteiger partial charge on any atom is 0.271 e. The molecule has 0 saturated carbocycles. The first-order valence-electron chi connectivity index (χ1n) is 4.52. The van der Waals surface area contributed by atoms with Gasteiger partial charge in [0.05, 0.1) is 18.2 Å². The van der Waals surface area contributed by atoms with Gasteiger partial charge in [-0.15, -0.1) is 11.3 Å². The molecular formula is C9H13BrN2O2S. The second-order valence-electron chi connectivity index (χ2n) is 2.98. The van der Waals surface area contributed by atoms with Crippen LogP contribution < -0.4 is 5.32 Å². The van der Waals surface area contributed by atoms with Gasteiger partial charge in [-0.1, -0.05) is 15.9 Å². The molecule has 0 radical (unpaired) electrons. The molecule has 6 heteroatoms. The third-order valence-corrected chi connectivity index (χ3v) is 2.87. The Balaban J connectivity index is 2.47. The zero-order chi connectivity index (χ0) is 11.1. The van der Waals surface area contributed by atoms with Crippen molar-refractivity contribution in [3.63, 3.8) is 0 Å². The van der Waals surface area contributed by atoms with E-state index < -0.39 is 0 Å². The van der Waals surface area contributed by atoms with E-state index in [1.54, 1.807) is 18.0 Å². The molecule has 0 fully saturated rings. The number of amides is 1. The SMILES string of the molecule is COCC(CCBr)NC(=O)c1cscn1. The fourth-order valence-corrected chi connectivity index (χ4v) is 2.20. The van der Waals surface area contributed by atoms with Crippen molar-refractivity contribution in [1.82, 2.24) is 10.3 Å². The van der Waals surface area contributed by atoms with E-state index >= 15 is 0 Å². The molecule has 1 atom stereocenters. The summed E-state index contributed by atoms with van der Waals surface area (Å²) in [5.41, 5.74) is 2.11.